The van der Waals surface area contributed by atoms with Crippen molar-refractivity contribution in [1.29, 1.82) is 0 Å². The predicted octanol–water partition coefficient (Wildman–Crippen LogP) is 15.3. The lowest BCUT2D eigenvalue weighted by Gasteiger charge is -2.31. The summed E-state index contributed by atoms with van der Waals surface area (Å²) in [5.74, 6) is 0. The molecular formula is C55H41N. The summed E-state index contributed by atoms with van der Waals surface area (Å²) < 4.78 is 0. The van der Waals surface area contributed by atoms with Crippen LogP contribution in [-0.4, -0.2) is 0 Å². The normalized spacial score (nSPS) is 12.6. The molecule has 0 radical (unpaired) electrons. The first-order valence-electron chi connectivity index (χ1n) is 19.5. The van der Waals surface area contributed by atoms with Gasteiger partial charge in [0.1, 0.15) is 0 Å². The number of benzene rings is 9. The van der Waals surface area contributed by atoms with Gasteiger partial charge >= 0.3 is 0 Å². The minimum Gasteiger partial charge on any atom is -0.309 e. The Morgan fingerprint density at radius 2 is 0.768 bits per heavy atom. The van der Waals surface area contributed by atoms with Crippen molar-refractivity contribution in [1.82, 2.24) is 0 Å². The van der Waals surface area contributed by atoms with Gasteiger partial charge in [-0.3, -0.25) is 0 Å². The Balaban J connectivity index is 1.17. The molecule has 0 N–H and O–H groups in total. The number of rotatable bonds is 7. The molecule has 10 rings (SSSR count). The fourth-order valence-corrected chi connectivity index (χ4v) is 8.91. The lowest BCUT2D eigenvalue weighted by atomic mass is 9.81. The van der Waals surface area contributed by atoms with Gasteiger partial charge in [0.15, 0.2) is 0 Å². The molecule has 56 heavy (non-hydrogen) atoms. The maximum Gasteiger partial charge on any atom is 0.0621 e. The topological polar surface area (TPSA) is 3.24 Å². The monoisotopic (exact) mass is 715 g/mol. The second-order valence-corrected chi connectivity index (χ2v) is 15.3. The van der Waals surface area contributed by atoms with E-state index in [9.17, 15) is 0 Å². The molecule has 0 saturated carbocycles. The molecule has 0 aromatic heterocycles. The molecule has 1 aliphatic rings. The quantitative estimate of drug-likeness (QED) is 0.159. The molecule has 0 bridgehead atoms. The highest BCUT2D eigenvalue weighted by Crippen LogP contribution is 2.56. The summed E-state index contributed by atoms with van der Waals surface area (Å²) >= 11 is 0. The standard InChI is InChI=1S/C55H41N/c1-55(2)51-28-16-15-27-50(51)53-52(55)37-42-21-9-10-24-47(42)54(53)56(43-33-29-39(30-34-43)38-17-5-3-6-18-38)44-35-31-41(32-36-44)46-23-12-14-26-49(46)48-25-13-11-22-45(48)40-19-7-4-8-20-40/h3-37H,1-2H3. The van der Waals surface area contributed by atoms with Gasteiger partial charge in [-0.25, -0.2) is 0 Å². The molecule has 1 heteroatoms. The van der Waals surface area contributed by atoms with Crippen molar-refractivity contribution < 1.29 is 0 Å². The zero-order valence-corrected chi connectivity index (χ0v) is 31.7. The van der Waals surface area contributed by atoms with E-state index < -0.39 is 0 Å². The Hall–Kier alpha value is -6.96. The summed E-state index contributed by atoms with van der Waals surface area (Å²) in [6.45, 7) is 4.74. The maximum atomic E-state index is 2.49. The highest BCUT2D eigenvalue weighted by Gasteiger charge is 2.39. The summed E-state index contributed by atoms with van der Waals surface area (Å²) in [5.41, 5.74) is 18.4. The van der Waals surface area contributed by atoms with E-state index in [2.05, 4.69) is 231 Å². The summed E-state index contributed by atoms with van der Waals surface area (Å²) in [6, 6.07) is 77.5. The van der Waals surface area contributed by atoms with Crippen LogP contribution in [0.5, 0.6) is 0 Å². The largest absolute Gasteiger partial charge is 0.309 e. The van der Waals surface area contributed by atoms with Gasteiger partial charge in [-0.2, -0.15) is 0 Å². The highest BCUT2D eigenvalue weighted by molar-refractivity contribution is 6.10. The summed E-state index contributed by atoms with van der Waals surface area (Å²) in [6.07, 6.45) is 0. The molecule has 266 valence electrons. The second-order valence-electron chi connectivity index (χ2n) is 15.3. The van der Waals surface area contributed by atoms with Crippen molar-refractivity contribution in [2.24, 2.45) is 0 Å². The minimum atomic E-state index is -0.142. The first kappa shape index (κ1) is 33.6. The Bertz CT molecular complexity index is 2850. The minimum absolute atomic E-state index is 0.142. The van der Waals surface area contributed by atoms with Crippen LogP contribution >= 0.6 is 0 Å². The summed E-state index contributed by atoms with van der Waals surface area (Å²) in [5, 5.41) is 2.48. The smallest absolute Gasteiger partial charge is 0.0621 e. The Morgan fingerprint density at radius 3 is 1.38 bits per heavy atom. The fourth-order valence-electron chi connectivity index (χ4n) is 8.91. The van der Waals surface area contributed by atoms with Gasteiger partial charge in [-0.15, -0.1) is 0 Å². The predicted molar refractivity (Wildman–Crippen MR) is 238 cm³/mol. The third-order valence-electron chi connectivity index (χ3n) is 11.7. The van der Waals surface area contributed by atoms with Crippen LogP contribution < -0.4 is 4.90 Å². The van der Waals surface area contributed by atoms with Crippen molar-refractivity contribution in [2.75, 3.05) is 4.90 Å². The van der Waals surface area contributed by atoms with Crippen molar-refractivity contribution in [3.8, 4) is 55.6 Å². The van der Waals surface area contributed by atoms with E-state index in [1.165, 1.54) is 83.2 Å². The van der Waals surface area contributed by atoms with Crippen LogP contribution in [0, 0.1) is 0 Å². The van der Waals surface area contributed by atoms with Gasteiger partial charge in [0.2, 0.25) is 0 Å². The lowest BCUT2D eigenvalue weighted by molar-refractivity contribution is 0.661. The van der Waals surface area contributed by atoms with Crippen LogP contribution in [0.15, 0.2) is 212 Å². The lowest BCUT2D eigenvalue weighted by Crippen LogP contribution is -2.16. The van der Waals surface area contributed by atoms with Gasteiger partial charge in [0.05, 0.1) is 5.69 Å². The molecule has 0 unspecified atom stereocenters. The SMILES string of the molecule is CC1(C)c2ccccc2-c2c1cc1ccccc1c2N(c1ccc(-c2ccccc2)cc1)c1ccc(-c2ccccc2-c2ccccc2-c2ccccc2)cc1. The molecule has 0 heterocycles. The van der Waals surface area contributed by atoms with E-state index in [0.29, 0.717) is 0 Å². The number of anilines is 3. The zero-order valence-electron chi connectivity index (χ0n) is 31.7. The van der Waals surface area contributed by atoms with Gasteiger partial charge in [0.25, 0.3) is 0 Å². The van der Waals surface area contributed by atoms with Crippen molar-refractivity contribution in [3.05, 3.63) is 223 Å². The fraction of sp³-hybridized carbons (Fsp3) is 0.0545. The summed E-state index contributed by atoms with van der Waals surface area (Å²) in [7, 11) is 0. The molecule has 0 saturated heterocycles. The number of hydrogen-bond donors (Lipinski definition) is 0. The van der Waals surface area contributed by atoms with E-state index in [4.69, 9.17) is 0 Å². The van der Waals surface area contributed by atoms with E-state index in [0.717, 1.165) is 11.4 Å². The number of nitrogens with zero attached hydrogens (tertiary/aromatic N) is 1. The molecule has 0 fully saturated rings. The molecule has 9 aromatic carbocycles. The van der Waals surface area contributed by atoms with Gasteiger partial charge in [-0.1, -0.05) is 196 Å². The van der Waals surface area contributed by atoms with E-state index in [1.54, 1.807) is 0 Å². The maximum absolute atomic E-state index is 2.49. The molecular weight excluding hydrogens is 675 g/mol. The average molecular weight is 716 g/mol. The summed E-state index contributed by atoms with van der Waals surface area (Å²) in [4.78, 5) is 2.49. The zero-order chi connectivity index (χ0) is 37.6. The van der Waals surface area contributed by atoms with Crippen molar-refractivity contribution in [3.63, 3.8) is 0 Å². The molecule has 0 amide bonds. The van der Waals surface area contributed by atoms with Gasteiger partial charge in [0, 0.05) is 27.7 Å². The van der Waals surface area contributed by atoms with Gasteiger partial charge < -0.3 is 4.90 Å². The molecule has 0 atom stereocenters. The Kier molecular flexibility index (Phi) is 8.23. The average Bonchev–Trinajstić information content (AvgIpc) is 3.50. The van der Waals surface area contributed by atoms with Crippen molar-refractivity contribution in [2.45, 2.75) is 19.3 Å². The van der Waals surface area contributed by atoms with Gasteiger partial charge in [-0.05, 0) is 96.9 Å². The third kappa shape index (κ3) is 5.63. The molecule has 9 aromatic rings. The third-order valence-corrected chi connectivity index (χ3v) is 11.7. The van der Waals surface area contributed by atoms with Crippen LogP contribution in [0.4, 0.5) is 17.1 Å². The first-order valence-corrected chi connectivity index (χ1v) is 19.5. The number of hydrogen-bond acceptors (Lipinski definition) is 1. The van der Waals surface area contributed by atoms with Crippen LogP contribution in [0.2, 0.25) is 0 Å². The Labute approximate surface area is 329 Å². The Morgan fingerprint density at radius 1 is 0.339 bits per heavy atom. The van der Waals surface area contributed by atoms with E-state index >= 15 is 0 Å². The van der Waals surface area contributed by atoms with Crippen LogP contribution in [0.25, 0.3) is 66.4 Å². The second kappa shape index (κ2) is 13.7. The van der Waals surface area contributed by atoms with Crippen LogP contribution in [0.1, 0.15) is 25.0 Å². The van der Waals surface area contributed by atoms with E-state index in [1.807, 2.05) is 0 Å². The van der Waals surface area contributed by atoms with E-state index in [-0.39, 0.29) is 5.41 Å². The van der Waals surface area contributed by atoms with Crippen LogP contribution in [0.3, 0.4) is 0 Å². The highest BCUT2D eigenvalue weighted by atomic mass is 15.1. The molecule has 0 spiro atoms. The number of fused-ring (bicyclic) bond motifs is 4. The van der Waals surface area contributed by atoms with Crippen LogP contribution in [-0.2, 0) is 5.41 Å². The molecule has 1 aliphatic carbocycles. The molecule has 1 nitrogen and oxygen atoms in total. The molecule has 0 aliphatic heterocycles. The van der Waals surface area contributed by atoms with Crippen molar-refractivity contribution >= 4 is 27.8 Å². The first-order chi connectivity index (χ1) is 27.6.